The molecule has 2 aliphatic rings. The van der Waals surface area contributed by atoms with Crippen LogP contribution in [-0.2, 0) is 30.2 Å². The van der Waals surface area contributed by atoms with E-state index in [1.54, 1.807) is 0 Å². The minimum absolute atomic E-state index is 0.0376. The zero-order chi connectivity index (χ0) is 46.6. The SMILES string of the molecule is O=C(O)CC1=C(C(=O)O)C[C@@H](OC(=O)c2cc(O)c(O)c(O)c2)[C@@H](c2cc(O)c(O)c3c(O)c(=O)cc([C@H]4Oc5cc(O)cc(O)c5C[C@H]4OC(=O)c4cc(O)c(O)c(O)c4)cc23)O1. The Morgan fingerprint density at radius 1 is 0.578 bits per heavy atom. The molecule has 0 spiro atoms. The molecule has 22 heteroatoms. The van der Waals surface area contributed by atoms with E-state index >= 15 is 0 Å². The number of esters is 2. The quantitative estimate of drug-likeness (QED) is 0.0745. The van der Waals surface area contributed by atoms with Gasteiger partial charge in [-0.2, -0.15) is 0 Å². The number of carboxylic acid groups (broad SMARTS) is 2. The van der Waals surface area contributed by atoms with Crippen molar-refractivity contribution in [1.29, 1.82) is 0 Å². The van der Waals surface area contributed by atoms with Crippen molar-refractivity contribution in [2.75, 3.05) is 0 Å². The van der Waals surface area contributed by atoms with Crippen molar-refractivity contribution in [3.8, 4) is 69.0 Å². The maximum Gasteiger partial charge on any atom is 0.338 e. The van der Waals surface area contributed by atoms with Crippen LogP contribution in [0.25, 0.3) is 10.8 Å². The average molecular weight is 889 g/mol. The zero-order valence-corrected chi connectivity index (χ0v) is 32.1. The Hall–Kier alpha value is -8.95. The molecule has 13 N–H and O–H groups in total. The first-order valence-corrected chi connectivity index (χ1v) is 18.4. The van der Waals surface area contributed by atoms with Crippen LogP contribution >= 0.6 is 0 Å². The molecule has 2 aliphatic heterocycles. The minimum Gasteiger partial charge on any atom is -0.508 e. The van der Waals surface area contributed by atoms with Crippen LogP contribution in [0.1, 0.15) is 62.5 Å². The monoisotopic (exact) mass is 888 g/mol. The third-order valence-electron chi connectivity index (χ3n) is 10.3. The largest absolute Gasteiger partial charge is 0.508 e. The van der Waals surface area contributed by atoms with Crippen LogP contribution in [0.3, 0.4) is 0 Å². The van der Waals surface area contributed by atoms with Crippen LogP contribution < -0.4 is 10.2 Å². The molecule has 64 heavy (non-hydrogen) atoms. The summed E-state index contributed by atoms with van der Waals surface area (Å²) >= 11 is 0. The van der Waals surface area contributed by atoms with Crippen molar-refractivity contribution < 1.29 is 105 Å². The molecule has 5 aromatic carbocycles. The van der Waals surface area contributed by atoms with Gasteiger partial charge >= 0.3 is 23.9 Å². The molecule has 7 rings (SSSR count). The first kappa shape index (κ1) is 43.1. The summed E-state index contributed by atoms with van der Waals surface area (Å²) < 4.78 is 23.3. The minimum atomic E-state index is -1.91. The Kier molecular flexibility index (Phi) is 10.9. The number of carbonyl (C=O) groups is 4. The van der Waals surface area contributed by atoms with Crippen molar-refractivity contribution in [2.24, 2.45) is 0 Å². The first-order chi connectivity index (χ1) is 30.1. The van der Waals surface area contributed by atoms with E-state index in [2.05, 4.69) is 0 Å². The van der Waals surface area contributed by atoms with Crippen LogP contribution in [0.15, 0.2) is 70.7 Å². The van der Waals surface area contributed by atoms with Gasteiger partial charge in [-0.15, -0.1) is 0 Å². The fraction of sp³-hybridized carbons (Fsp3) is 0.167. The molecule has 0 saturated heterocycles. The molecular formula is C42H32O22. The summed E-state index contributed by atoms with van der Waals surface area (Å²) in [7, 11) is 0. The molecule has 2 heterocycles. The number of rotatable bonds is 9. The van der Waals surface area contributed by atoms with E-state index in [0.29, 0.717) is 12.1 Å². The Morgan fingerprint density at radius 3 is 1.64 bits per heavy atom. The summed E-state index contributed by atoms with van der Waals surface area (Å²) in [5, 5.41) is 133. The zero-order valence-electron chi connectivity index (χ0n) is 32.1. The second-order valence-electron chi connectivity index (χ2n) is 14.4. The molecule has 0 fully saturated rings. The number of aromatic hydroxyl groups is 11. The van der Waals surface area contributed by atoms with E-state index in [1.807, 2.05) is 0 Å². The van der Waals surface area contributed by atoms with Gasteiger partial charge < -0.3 is 85.3 Å². The van der Waals surface area contributed by atoms with Gasteiger partial charge in [-0.25, -0.2) is 14.4 Å². The standard InChI is InChI=1S/C42H32O22/c43-16-7-21(44)19-10-30(63-41(59)14-3-22(45)34(53)23(46)4-14)38(61-28(19)8-16)13-1-17-18(9-27(50)37(56)33(17)36(55)26(49)2-13)39-31(11-20(40(57)58)29(62-39)12-32(51)52)64-42(60)15-5-24(47)35(54)25(48)6-15/h1-9,30-31,38-39,43-48,50,53-54,56H,10-12H2,(H,49,55)(H,51,52)(H,57,58)/t30-,31-,38-,39-/m1/s1. The van der Waals surface area contributed by atoms with Crippen molar-refractivity contribution in [1.82, 2.24) is 0 Å². The fourth-order valence-electron chi connectivity index (χ4n) is 7.31. The lowest BCUT2D eigenvalue weighted by Crippen LogP contribution is -2.35. The molecular weight excluding hydrogens is 856 g/mol. The van der Waals surface area contributed by atoms with E-state index in [9.17, 15) is 90.4 Å². The first-order valence-electron chi connectivity index (χ1n) is 18.4. The van der Waals surface area contributed by atoms with Crippen LogP contribution in [0.4, 0.5) is 0 Å². The fourth-order valence-corrected chi connectivity index (χ4v) is 7.31. The third-order valence-corrected chi connectivity index (χ3v) is 10.3. The molecule has 0 bridgehead atoms. The molecule has 22 nitrogen and oxygen atoms in total. The van der Waals surface area contributed by atoms with Crippen LogP contribution in [-0.4, -0.2) is 102 Å². The number of carbonyl (C=O) groups excluding carboxylic acids is 2. The van der Waals surface area contributed by atoms with Gasteiger partial charge in [0.05, 0.1) is 22.1 Å². The number of hydrogen-bond donors (Lipinski definition) is 13. The number of carboxylic acids is 2. The highest BCUT2D eigenvalue weighted by molar-refractivity contribution is 5.98. The highest BCUT2D eigenvalue weighted by Crippen LogP contribution is 2.49. The van der Waals surface area contributed by atoms with Gasteiger partial charge in [0.1, 0.15) is 41.6 Å². The lowest BCUT2D eigenvalue weighted by atomic mass is 9.89. The molecule has 0 aromatic heterocycles. The average Bonchev–Trinajstić information content (AvgIpc) is 3.35. The van der Waals surface area contributed by atoms with Gasteiger partial charge in [0, 0.05) is 41.7 Å². The number of ether oxygens (including phenoxy) is 4. The maximum atomic E-state index is 13.7. The molecule has 332 valence electrons. The summed E-state index contributed by atoms with van der Waals surface area (Å²) in [6, 6.07) is 7.41. The second kappa shape index (κ2) is 16.2. The number of hydrogen-bond acceptors (Lipinski definition) is 20. The second-order valence-corrected chi connectivity index (χ2v) is 14.4. The predicted molar refractivity (Wildman–Crippen MR) is 209 cm³/mol. The number of fused-ring (bicyclic) bond motifs is 2. The van der Waals surface area contributed by atoms with E-state index in [-0.39, 0.29) is 16.9 Å². The summed E-state index contributed by atoms with van der Waals surface area (Å²) in [6.07, 6.45) is -9.44. The van der Waals surface area contributed by atoms with Gasteiger partial charge in [0.2, 0.25) is 5.43 Å². The van der Waals surface area contributed by atoms with Crippen LogP contribution in [0, 0.1) is 0 Å². The Morgan fingerprint density at radius 2 is 1.11 bits per heavy atom. The van der Waals surface area contributed by atoms with Gasteiger partial charge in [-0.05, 0) is 47.9 Å². The Labute approximate surface area is 355 Å². The third kappa shape index (κ3) is 7.88. The number of benzene rings is 4. The van der Waals surface area contributed by atoms with Crippen LogP contribution in [0.5, 0.6) is 69.0 Å². The summed E-state index contributed by atoms with van der Waals surface area (Å²) in [6.45, 7) is 0. The maximum absolute atomic E-state index is 13.7. The van der Waals surface area contributed by atoms with Crippen molar-refractivity contribution in [3.05, 3.63) is 104 Å². The van der Waals surface area contributed by atoms with E-state index in [4.69, 9.17) is 18.9 Å². The molecule has 0 unspecified atom stereocenters. The van der Waals surface area contributed by atoms with E-state index in [1.165, 1.54) is 0 Å². The van der Waals surface area contributed by atoms with Crippen molar-refractivity contribution >= 4 is 34.6 Å². The Bertz CT molecular complexity index is 2890. The molecule has 4 atom stereocenters. The summed E-state index contributed by atoms with van der Waals surface area (Å²) in [5.41, 5.74) is -3.93. The van der Waals surface area contributed by atoms with Gasteiger partial charge in [-0.1, -0.05) is 0 Å². The Balaban J connectivity index is 1.44. The summed E-state index contributed by atoms with van der Waals surface area (Å²) in [4.78, 5) is 65.1. The molecule has 0 saturated carbocycles. The van der Waals surface area contributed by atoms with Crippen LogP contribution in [0.2, 0.25) is 0 Å². The van der Waals surface area contributed by atoms with Gasteiger partial charge in [0.15, 0.2) is 64.0 Å². The highest BCUT2D eigenvalue weighted by atomic mass is 16.6. The number of phenols is 10. The molecule has 0 amide bonds. The number of aliphatic carboxylic acids is 2. The smallest absolute Gasteiger partial charge is 0.338 e. The molecule has 0 radical (unpaired) electrons. The van der Waals surface area contributed by atoms with E-state index in [0.717, 1.165) is 42.5 Å². The predicted octanol–water partition coefficient (Wildman–Crippen LogP) is 3.36. The normalized spacial score (nSPS) is 18.0. The number of phenolic OH excluding ortho intramolecular Hbond substituents is 10. The lowest BCUT2D eigenvalue weighted by molar-refractivity contribution is -0.138. The topological polar surface area (TPSA) is 385 Å². The summed E-state index contributed by atoms with van der Waals surface area (Å²) in [5.74, 6) is -17.1. The lowest BCUT2D eigenvalue weighted by Gasteiger charge is -2.35. The van der Waals surface area contributed by atoms with E-state index < -0.39 is 175 Å². The van der Waals surface area contributed by atoms with Crippen molar-refractivity contribution in [2.45, 2.75) is 43.7 Å². The van der Waals surface area contributed by atoms with Gasteiger partial charge in [0.25, 0.3) is 0 Å². The highest BCUT2D eigenvalue weighted by Gasteiger charge is 2.42. The molecule has 0 aliphatic carbocycles. The van der Waals surface area contributed by atoms with Crippen molar-refractivity contribution in [3.63, 3.8) is 0 Å². The van der Waals surface area contributed by atoms with Gasteiger partial charge in [-0.3, -0.25) is 9.59 Å². The molecule has 5 aromatic rings.